The summed E-state index contributed by atoms with van der Waals surface area (Å²) >= 11 is 0. The largest absolute Gasteiger partial charge is 0.296 e. The number of nitrogens with zero attached hydrogens (tertiary/aromatic N) is 1. The second-order valence-corrected chi connectivity index (χ2v) is 6.69. The molecule has 0 radical (unpaired) electrons. The van der Waals surface area contributed by atoms with Crippen LogP contribution in [0, 0.1) is 5.41 Å². The Labute approximate surface area is 148 Å². The van der Waals surface area contributed by atoms with Crippen LogP contribution in [0.15, 0.2) is 88.0 Å². The standard InChI is InChI=1S/C23H31N/c1-10-18(20(16(4)5)13-14-24-9)15-22-17(6)19(11-2)21(12-3)23(22,7)8/h10,12-15H,1,3-4,11H2,2,5-9H3/b18-15+,20-13+,24-14-. The number of rotatable bonds is 7. The molecular weight excluding hydrogens is 290 g/mol. The Morgan fingerprint density at radius 3 is 2.21 bits per heavy atom. The fourth-order valence-electron chi connectivity index (χ4n) is 3.51. The summed E-state index contributed by atoms with van der Waals surface area (Å²) in [5.74, 6) is 0. The molecule has 1 aliphatic rings. The van der Waals surface area contributed by atoms with E-state index in [0.717, 1.165) is 23.1 Å². The van der Waals surface area contributed by atoms with E-state index in [4.69, 9.17) is 0 Å². The van der Waals surface area contributed by atoms with Gasteiger partial charge >= 0.3 is 0 Å². The lowest BCUT2D eigenvalue weighted by Crippen LogP contribution is -2.13. The number of hydrogen-bond donors (Lipinski definition) is 0. The molecule has 0 aromatic carbocycles. The molecule has 1 aliphatic carbocycles. The van der Waals surface area contributed by atoms with E-state index >= 15 is 0 Å². The van der Waals surface area contributed by atoms with Crippen LogP contribution >= 0.6 is 0 Å². The van der Waals surface area contributed by atoms with Crippen LogP contribution in [0.3, 0.4) is 0 Å². The average Bonchev–Trinajstić information content (AvgIpc) is 2.71. The predicted octanol–water partition coefficient (Wildman–Crippen LogP) is 6.55. The van der Waals surface area contributed by atoms with Gasteiger partial charge in [0, 0.05) is 18.7 Å². The Morgan fingerprint density at radius 2 is 1.83 bits per heavy atom. The second-order valence-electron chi connectivity index (χ2n) is 6.69. The van der Waals surface area contributed by atoms with Crippen LogP contribution < -0.4 is 0 Å². The first-order chi connectivity index (χ1) is 11.3. The normalized spacial score (nSPS) is 18.6. The summed E-state index contributed by atoms with van der Waals surface area (Å²) in [5.41, 5.74) is 8.50. The molecule has 0 spiro atoms. The number of hydrogen-bond acceptors (Lipinski definition) is 1. The lowest BCUT2D eigenvalue weighted by atomic mass is 9.78. The van der Waals surface area contributed by atoms with Crippen LogP contribution in [-0.4, -0.2) is 13.3 Å². The van der Waals surface area contributed by atoms with Gasteiger partial charge < -0.3 is 0 Å². The fourth-order valence-corrected chi connectivity index (χ4v) is 3.51. The maximum Gasteiger partial charge on any atom is 0.0277 e. The molecule has 0 aliphatic heterocycles. The third-order valence-electron chi connectivity index (χ3n) is 4.77. The van der Waals surface area contributed by atoms with E-state index in [1.807, 2.05) is 25.2 Å². The van der Waals surface area contributed by atoms with Gasteiger partial charge in [-0.2, -0.15) is 0 Å². The summed E-state index contributed by atoms with van der Waals surface area (Å²) in [4.78, 5) is 4.06. The van der Waals surface area contributed by atoms with Crippen molar-refractivity contribution in [3.8, 4) is 0 Å². The Kier molecular flexibility index (Phi) is 6.71. The molecule has 0 N–H and O–H groups in total. The van der Waals surface area contributed by atoms with Crippen molar-refractivity contribution in [2.24, 2.45) is 10.4 Å². The third kappa shape index (κ3) is 3.67. The highest BCUT2D eigenvalue weighted by atomic mass is 14.6. The van der Waals surface area contributed by atoms with Gasteiger partial charge in [-0.1, -0.05) is 64.3 Å². The van der Waals surface area contributed by atoms with Crippen LogP contribution in [0.1, 0.15) is 41.0 Å². The van der Waals surface area contributed by atoms with Gasteiger partial charge in [0.1, 0.15) is 0 Å². The molecule has 0 aromatic rings. The topological polar surface area (TPSA) is 12.4 Å². The quantitative estimate of drug-likeness (QED) is 0.372. The summed E-state index contributed by atoms with van der Waals surface area (Å²) in [6.45, 7) is 23.1. The van der Waals surface area contributed by atoms with E-state index in [0.29, 0.717) is 0 Å². The maximum atomic E-state index is 4.11. The monoisotopic (exact) mass is 321 g/mol. The molecule has 0 atom stereocenters. The molecule has 0 amide bonds. The number of allylic oxidation sites excluding steroid dienone is 11. The van der Waals surface area contributed by atoms with Gasteiger partial charge in [-0.05, 0) is 59.8 Å². The lowest BCUT2D eigenvalue weighted by Gasteiger charge is -2.25. The molecule has 0 aromatic heterocycles. The van der Waals surface area contributed by atoms with Crippen molar-refractivity contribution in [2.45, 2.75) is 41.0 Å². The van der Waals surface area contributed by atoms with Crippen LogP contribution in [0.2, 0.25) is 0 Å². The van der Waals surface area contributed by atoms with E-state index in [2.05, 4.69) is 58.5 Å². The average molecular weight is 322 g/mol. The smallest absolute Gasteiger partial charge is 0.0277 e. The van der Waals surface area contributed by atoms with Crippen LogP contribution in [-0.2, 0) is 0 Å². The van der Waals surface area contributed by atoms with Crippen molar-refractivity contribution < 1.29 is 0 Å². The predicted molar refractivity (Wildman–Crippen MR) is 110 cm³/mol. The first kappa shape index (κ1) is 19.9. The molecule has 0 fully saturated rings. The highest BCUT2D eigenvalue weighted by molar-refractivity contribution is 5.76. The highest BCUT2D eigenvalue weighted by Crippen LogP contribution is 2.49. The van der Waals surface area contributed by atoms with Crippen LogP contribution in [0.25, 0.3) is 0 Å². The SMILES string of the molecule is C=CC1=C(CC)C(C)=C(/C=C(C=C)/C(=C/C=N\C)C(=C)C)C1(C)C. The van der Waals surface area contributed by atoms with E-state index in [-0.39, 0.29) is 5.41 Å². The molecule has 0 unspecified atom stereocenters. The zero-order valence-corrected chi connectivity index (χ0v) is 16.2. The Balaban J connectivity index is 3.57. The van der Waals surface area contributed by atoms with Crippen molar-refractivity contribution in [1.29, 1.82) is 0 Å². The molecule has 0 saturated carbocycles. The molecule has 128 valence electrons. The second kappa shape index (κ2) is 8.10. The molecule has 0 heterocycles. The minimum Gasteiger partial charge on any atom is -0.296 e. The summed E-state index contributed by atoms with van der Waals surface area (Å²) in [6.07, 6.45) is 11.0. The van der Waals surface area contributed by atoms with E-state index < -0.39 is 0 Å². The molecule has 24 heavy (non-hydrogen) atoms. The van der Waals surface area contributed by atoms with Crippen molar-refractivity contribution in [1.82, 2.24) is 0 Å². The molecule has 1 heteroatoms. The van der Waals surface area contributed by atoms with E-state index in [1.165, 1.54) is 22.3 Å². The Bertz CT molecular complexity index is 700. The first-order valence-electron chi connectivity index (χ1n) is 8.46. The van der Waals surface area contributed by atoms with E-state index in [9.17, 15) is 0 Å². The third-order valence-corrected chi connectivity index (χ3v) is 4.77. The summed E-state index contributed by atoms with van der Waals surface area (Å²) in [6, 6.07) is 0. The Hall–Kier alpha value is -2.15. The molecule has 1 rings (SSSR count). The Morgan fingerprint density at radius 1 is 1.21 bits per heavy atom. The van der Waals surface area contributed by atoms with Crippen molar-refractivity contribution >= 4 is 6.21 Å². The molecule has 1 nitrogen and oxygen atoms in total. The van der Waals surface area contributed by atoms with Crippen molar-refractivity contribution in [3.05, 3.63) is 83.1 Å². The fraction of sp³-hybridized carbons (Fsp3) is 0.348. The zero-order chi connectivity index (χ0) is 18.5. The van der Waals surface area contributed by atoms with Gasteiger partial charge in [0.2, 0.25) is 0 Å². The lowest BCUT2D eigenvalue weighted by molar-refractivity contribution is 0.574. The number of aliphatic imine (C=N–C) groups is 1. The van der Waals surface area contributed by atoms with Gasteiger partial charge in [-0.3, -0.25) is 4.99 Å². The molecule has 0 saturated heterocycles. The van der Waals surface area contributed by atoms with Gasteiger partial charge in [-0.25, -0.2) is 0 Å². The summed E-state index contributed by atoms with van der Waals surface area (Å²) < 4.78 is 0. The van der Waals surface area contributed by atoms with Gasteiger partial charge in [0.15, 0.2) is 0 Å². The van der Waals surface area contributed by atoms with Crippen molar-refractivity contribution in [3.63, 3.8) is 0 Å². The van der Waals surface area contributed by atoms with Crippen LogP contribution in [0.5, 0.6) is 0 Å². The zero-order valence-electron chi connectivity index (χ0n) is 16.2. The van der Waals surface area contributed by atoms with Crippen molar-refractivity contribution in [2.75, 3.05) is 7.05 Å². The minimum absolute atomic E-state index is 0.0511. The van der Waals surface area contributed by atoms with Gasteiger partial charge in [0.25, 0.3) is 0 Å². The van der Waals surface area contributed by atoms with Gasteiger partial charge in [0.05, 0.1) is 0 Å². The molecular formula is C23H31N. The minimum atomic E-state index is -0.0511. The molecule has 0 bridgehead atoms. The first-order valence-corrected chi connectivity index (χ1v) is 8.46. The van der Waals surface area contributed by atoms with Gasteiger partial charge in [-0.15, -0.1) is 0 Å². The van der Waals surface area contributed by atoms with E-state index in [1.54, 1.807) is 13.3 Å². The summed E-state index contributed by atoms with van der Waals surface area (Å²) in [5, 5.41) is 0. The summed E-state index contributed by atoms with van der Waals surface area (Å²) in [7, 11) is 1.77. The highest BCUT2D eigenvalue weighted by Gasteiger charge is 2.35. The maximum absolute atomic E-state index is 4.11. The van der Waals surface area contributed by atoms with Crippen LogP contribution in [0.4, 0.5) is 0 Å².